The largest absolute Gasteiger partial charge is 0.489 e. The average molecular weight is 1270 g/mol. The van der Waals surface area contributed by atoms with Crippen LogP contribution in [0.4, 0.5) is 31.5 Å². The molecule has 1 aliphatic carbocycles. The van der Waals surface area contributed by atoms with Crippen molar-refractivity contribution in [2.75, 3.05) is 53.2 Å². The summed E-state index contributed by atoms with van der Waals surface area (Å²) >= 11 is 28.8. The summed E-state index contributed by atoms with van der Waals surface area (Å²) in [4.78, 5) is 84.4. The first-order valence-electron chi connectivity index (χ1n) is 24.1. The number of hydrogen-bond donors (Lipinski definition) is 1. The van der Waals surface area contributed by atoms with Crippen LogP contribution < -0.4 is 24.9 Å². The summed E-state index contributed by atoms with van der Waals surface area (Å²) in [5.41, 5.74) is 1.49. The molecule has 1 aromatic heterocycles. The van der Waals surface area contributed by atoms with E-state index in [1.54, 1.807) is 16.9 Å². The molecule has 0 saturated heterocycles. The van der Waals surface area contributed by atoms with Gasteiger partial charge >= 0.3 is 12.2 Å². The fourth-order valence-corrected chi connectivity index (χ4v) is 10.5. The van der Waals surface area contributed by atoms with Crippen molar-refractivity contribution in [3.63, 3.8) is 0 Å². The molecule has 2 unspecified atom stereocenters. The second-order valence-corrected chi connectivity index (χ2v) is 24.1. The molecule has 1 saturated carbocycles. The number of ketones is 3. The van der Waals surface area contributed by atoms with Crippen LogP contribution in [0.15, 0.2) is 82.5 Å². The number of sulfonamides is 1. The minimum absolute atomic E-state index is 0.0223. The van der Waals surface area contributed by atoms with Gasteiger partial charge in [-0.25, -0.2) is 26.2 Å². The third-order valence-electron chi connectivity index (χ3n) is 12.0. The number of nitro groups is 1. The van der Waals surface area contributed by atoms with Crippen LogP contribution in [-0.2, 0) is 50.2 Å². The number of nitro benzene ring substituents is 1. The van der Waals surface area contributed by atoms with Gasteiger partial charge in [-0.2, -0.15) is 13.5 Å². The SMILES string of the molecule is CC1COc2ccccc2N1C(=O)C(Cl)Cl.CCc1cccc(C)c1N(C(=O)CCl)C(C)COC.CS(=O)(=O)c1ccc(C(=O)C2C(=O)CCCC2=O)c([N+](=O)[O-])c1.Cc1nn(-c2cc(NS(C)(=O)=O)c(Cl)cc2Cl)c(=O)n1C(F)F. The number of carbonyl (C=O) groups excluding carboxylic acids is 5. The molecular formula is C51H56Cl5F2N7O14S2. The standard InChI is InChI=1S/C15H22ClNO2.C14H13NO7S.C11H10Cl2F2N4O3S.C11H11Cl2NO2/c1-5-13-8-6-7-11(2)15(13)17(14(18)9-16)12(3)10-19-4;1-23(21,22)8-5-6-9(10(7-8)15(19)20)14(18)13-11(16)3-2-4-12(13)17;1-5-16-19(11(20)18(5)10(14)15)9-4-8(17-23(2,21)22)6(12)3-7(9)13;1-7-6-16-9-5-3-2-4-8(9)14(7)11(15)10(12)13/h6-8,12H,5,9-10H2,1-4H3;5-7,13H,2-4H2,1H3;3-4,10,17H,1-2H3;2-5,7,10H,6H2,1H3. The molecule has 81 heavy (non-hydrogen) atoms. The van der Waals surface area contributed by atoms with E-state index in [9.17, 15) is 64.5 Å². The minimum atomic E-state index is -3.70. The van der Waals surface area contributed by atoms with Crippen LogP contribution in [0.25, 0.3) is 5.69 Å². The number of carbonyl (C=O) groups is 5. The van der Waals surface area contributed by atoms with Gasteiger partial charge in [0.15, 0.2) is 32.0 Å². The molecule has 4 aromatic carbocycles. The Morgan fingerprint density at radius 3 is 2.10 bits per heavy atom. The fraction of sp³-hybridized carbons (Fsp3) is 0.392. The van der Waals surface area contributed by atoms with Crippen molar-refractivity contribution < 1.29 is 64.0 Å². The maximum atomic E-state index is 12.8. The molecule has 2 atom stereocenters. The zero-order valence-corrected chi connectivity index (χ0v) is 50.0. The zero-order chi connectivity index (χ0) is 61.0. The van der Waals surface area contributed by atoms with Gasteiger partial charge in [0.25, 0.3) is 11.6 Å². The lowest BCUT2D eigenvalue weighted by atomic mass is 9.81. The van der Waals surface area contributed by atoms with E-state index >= 15 is 0 Å². The quantitative estimate of drug-likeness (QED) is 0.0336. The molecule has 7 rings (SSSR count). The van der Waals surface area contributed by atoms with Crippen LogP contribution in [0.5, 0.6) is 5.75 Å². The molecule has 2 aliphatic rings. The molecule has 1 aliphatic heterocycles. The number of fused-ring (bicyclic) bond motifs is 1. The van der Waals surface area contributed by atoms with Gasteiger partial charge in [0.05, 0.1) is 73.1 Å². The highest BCUT2D eigenvalue weighted by Gasteiger charge is 2.39. The van der Waals surface area contributed by atoms with Gasteiger partial charge in [-0.15, -0.1) is 16.7 Å². The van der Waals surface area contributed by atoms with Gasteiger partial charge in [0.1, 0.15) is 30.0 Å². The topological polar surface area (TPSA) is 274 Å². The number of hydrogen-bond acceptors (Lipinski definition) is 15. The van der Waals surface area contributed by atoms with Gasteiger partial charge in [-0.05, 0) is 88.1 Å². The number of benzene rings is 4. The second kappa shape index (κ2) is 29.3. The summed E-state index contributed by atoms with van der Waals surface area (Å²) in [5, 5.41) is 14.8. The molecule has 2 amide bonds. The van der Waals surface area contributed by atoms with E-state index in [1.807, 2.05) is 57.2 Å². The predicted octanol–water partition coefficient (Wildman–Crippen LogP) is 9.30. The zero-order valence-electron chi connectivity index (χ0n) is 44.6. The van der Waals surface area contributed by atoms with E-state index in [-0.39, 0.29) is 79.3 Å². The molecule has 440 valence electrons. The molecule has 0 radical (unpaired) electrons. The number of halogens is 7. The van der Waals surface area contributed by atoms with Gasteiger partial charge in [0.2, 0.25) is 15.9 Å². The minimum Gasteiger partial charge on any atom is -0.489 e. The number of amides is 2. The van der Waals surface area contributed by atoms with Crippen LogP contribution >= 0.6 is 58.0 Å². The molecule has 21 nitrogen and oxygen atoms in total. The lowest BCUT2D eigenvalue weighted by Crippen LogP contribution is -2.47. The van der Waals surface area contributed by atoms with Crippen LogP contribution in [0, 0.1) is 29.9 Å². The maximum Gasteiger partial charge on any atom is 0.355 e. The van der Waals surface area contributed by atoms with Gasteiger partial charge in [0, 0.05) is 32.3 Å². The van der Waals surface area contributed by atoms with Crippen molar-refractivity contribution in [3.8, 4) is 11.4 Å². The first-order valence-corrected chi connectivity index (χ1v) is 30.1. The second-order valence-electron chi connectivity index (χ2n) is 18.1. The maximum absolute atomic E-state index is 12.8. The van der Waals surface area contributed by atoms with E-state index in [1.165, 1.54) is 13.0 Å². The number of rotatable bonds is 15. The summed E-state index contributed by atoms with van der Waals surface area (Å²) in [6.07, 6.45) is 3.15. The molecule has 0 bridgehead atoms. The normalized spacial score (nSPS) is 14.7. The Morgan fingerprint density at radius 1 is 0.938 bits per heavy atom. The van der Waals surface area contributed by atoms with E-state index in [0.29, 0.717) is 30.1 Å². The Balaban J connectivity index is 0.000000234. The van der Waals surface area contributed by atoms with Crippen molar-refractivity contribution in [3.05, 3.63) is 126 Å². The molecule has 1 fully saturated rings. The van der Waals surface area contributed by atoms with Gasteiger partial charge < -0.3 is 19.3 Å². The number of anilines is 3. The van der Waals surface area contributed by atoms with Crippen LogP contribution in [0.2, 0.25) is 10.0 Å². The van der Waals surface area contributed by atoms with E-state index in [0.717, 1.165) is 65.7 Å². The Morgan fingerprint density at radius 2 is 1.57 bits per heavy atom. The number of alkyl halides is 5. The Kier molecular flexibility index (Phi) is 24.4. The third kappa shape index (κ3) is 17.3. The lowest BCUT2D eigenvalue weighted by Gasteiger charge is -2.35. The number of ether oxygens (including phenoxy) is 2. The smallest absolute Gasteiger partial charge is 0.355 e. The van der Waals surface area contributed by atoms with Crippen molar-refractivity contribution in [2.45, 2.75) is 88.7 Å². The first kappa shape index (κ1) is 67.4. The first-order chi connectivity index (χ1) is 37.8. The lowest BCUT2D eigenvalue weighted by molar-refractivity contribution is -0.385. The highest BCUT2D eigenvalue weighted by Crippen LogP contribution is 2.36. The van der Waals surface area contributed by atoms with Crippen molar-refractivity contribution in [1.82, 2.24) is 14.3 Å². The highest BCUT2D eigenvalue weighted by molar-refractivity contribution is 7.92. The third-order valence-corrected chi connectivity index (χ3v) is 14.9. The summed E-state index contributed by atoms with van der Waals surface area (Å²) < 4.78 is 84.9. The summed E-state index contributed by atoms with van der Waals surface area (Å²) in [6.45, 7) is 7.05. The number of aromatic nitrogens is 3. The number of sulfone groups is 1. The number of aryl methyl sites for hydroxylation is 3. The Labute approximate surface area is 490 Å². The summed E-state index contributed by atoms with van der Waals surface area (Å²) in [5.74, 6) is -3.58. The van der Waals surface area contributed by atoms with Gasteiger partial charge in [-0.1, -0.05) is 83.7 Å². The number of nitrogens with zero attached hydrogens (tertiary/aromatic N) is 6. The predicted molar refractivity (Wildman–Crippen MR) is 305 cm³/mol. The van der Waals surface area contributed by atoms with Crippen LogP contribution in [0.1, 0.15) is 73.9 Å². The molecule has 5 aromatic rings. The van der Waals surface area contributed by atoms with Gasteiger partial charge in [-0.3, -0.25) is 38.8 Å². The Bertz CT molecular complexity index is 3460. The molecule has 0 spiro atoms. The van der Waals surface area contributed by atoms with E-state index in [4.69, 9.17) is 67.5 Å². The van der Waals surface area contributed by atoms with Crippen LogP contribution in [0.3, 0.4) is 0 Å². The summed E-state index contributed by atoms with van der Waals surface area (Å²) in [6, 6.07) is 18.4. The molecular weight excluding hydrogens is 1210 g/mol. The molecule has 30 heteroatoms. The summed E-state index contributed by atoms with van der Waals surface area (Å²) in [7, 11) is -5.71. The molecule has 1 N–H and O–H groups in total. The number of methoxy groups -OCH3 is 1. The van der Waals surface area contributed by atoms with Crippen molar-refractivity contribution >= 4 is 130 Å². The Hall–Kier alpha value is -6.06. The highest BCUT2D eigenvalue weighted by atomic mass is 35.5. The van der Waals surface area contributed by atoms with E-state index < -0.39 is 76.4 Å². The number of para-hydroxylation sites is 3. The monoisotopic (exact) mass is 1270 g/mol. The fourth-order valence-electron chi connectivity index (χ4n) is 8.35. The van der Waals surface area contributed by atoms with Crippen molar-refractivity contribution in [1.29, 1.82) is 0 Å². The number of Topliss-reactive ketones (excluding diaryl/α,β-unsaturated/α-hetero) is 3. The van der Waals surface area contributed by atoms with E-state index in [2.05, 4.69) is 22.8 Å². The molecule has 2 heterocycles. The van der Waals surface area contributed by atoms with Crippen LogP contribution in [-0.4, -0.2) is 121 Å². The average Bonchev–Trinajstić information content (AvgIpc) is 3.83. The number of nitrogens with one attached hydrogen (secondary N) is 1. The van der Waals surface area contributed by atoms with Crippen molar-refractivity contribution in [2.24, 2.45) is 5.92 Å².